The second-order valence-corrected chi connectivity index (χ2v) is 5.52. The predicted molar refractivity (Wildman–Crippen MR) is 58.0 cm³/mol. The molecule has 0 bridgehead atoms. The summed E-state index contributed by atoms with van der Waals surface area (Å²) in [4.78, 5) is 11.4. The van der Waals surface area contributed by atoms with Crippen LogP contribution in [0.3, 0.4) is 0 Å². The van der Waals surface area contributed by atoms with Crippen molar-refractivity contribution in [1.29, 1.82) is 0 Å². The summed E-state index contributed by atoms with van der Waals surface area (Å²) < 4.78 is 0. The monoisotopic (exact) mass is 192 g/mol. The maximum atomic E-state index is 11.4. The van der Waals surface area contributed by atoms with Gasteiger partial charge >= 0.3 is 0 Å². The molecule has 2 rings (SSSR count). The largest absolute Gasteiger partial charge is 0.295 e. The third-order valence-electron chi connectivity index (χ3n) is 4.15. The highest BCUT2D eigenvalue weighted by Crippen LogP contribution is 2.53. The highest BCUT2D eigenvalue weighted by atomic mass is 16.1. The van der Waals surface area contributed by atoms with Crippen molar-refractivity contribution < 1.29 is 4.79 Å². The van der Waals surface area contributed by atoms with Crippen LogP contribution in [-0.2, 0) is 4.79 Å². The summed E-state index contributed by atoms with van der Waals surface area (Å²) >= 11 is 0. The number of rotatable bonds is 1. The van der Waals surface area contributed by atoms with E-state index in [2.05, 4.69) is 20.8 Å². The van der Waals surface area contributed by atoms with Crippen LogP contribution in [0.5, 0.6) is 0 Å². The van der Waals surface area contributed by atoms with E-state index in [1.54, 1.807) is 0 Å². The van der Waals surface area contributed by atoms with Crippen molar-refractivity contribution in [3.63, 3.8) is 0 Å². The van der Waals surface area contributed by atoms with Crippen molar-refractivity contribution in [1.82, 2.24) is 0 Å². The lowest BCUT2D eigenvalue weighted by Crippen LogP contribution is -2.24. The first-order valence-electron chi connectivity index (χ1n) is 5.78. The molecule has 78 valence electrons. The molecule has 14 heavy (non-hydrogen) atoms. The van der Waals surface area contributed by atoms with E-state index in [1.165, 1.54) is 18.4 Å². The Balaban J connectivity index is 2.33. The third-order valence-corrected chi connectivity index (χ3v) is 4.15. The van der Waals surface area contributed by atoms with Crippen LogP contribution in [0.1, 0.15) is 46.5 Å². The van der Waals surface area contributed by atoms with Gasteiger partial charge in [-0.15, -0.1) is 0 Å². The van der Waals surface area contributed by atoms with Crippen LogP contribution in [0.15, 0.2) is 11.6 Å². The second-order valence-electron chi connectivity index (χ2n) is 5.52. The minimum absolute atomic E-state index is 0.352. The molecule has 1 nitrogen and oxygen atoms in total. The summed E-state index contributed by atoms with van der Waals surface area (Å²) in [5, 5.41) is 0. The van der Waals surface area contributed by atoms with Crippen molar-refractivity contribution in [2.45, 2.75) is 46.5 Å². The molecule has 1 saturated carbocycles. The summed E-state index contributed by atoms with van der Waals surface area (Å²) in [5.74, 6) is 1.71. The zero-order valence-electron chi connectivity index (χ0n) is 9.47. The molecule has 1 fully saturated rings. The SMILES string of the molecule is CC(C)[C@H]1CC[C@]2(C)CCC(=O)C=C12. The van der Waals surface area contributed by atoms with Crippen LogP contribution in [0.4, 0.5) is 0 Å². The van der Waals surface area contributed by atoms with Crippen LogP contribution < -0.4 is 0 Å². The maximum Gasteiger partial charge on any atom is 0.155 e. The van der Waals surface area contributed by atoms with Crippen molar-refractivity contribution in [3.8, 4) is 0 Å². The molecule has 0 aromatic carbocycles. The summed E-state index contributed by atoms with van der Waals surface area (Å²) in [6, 6.07) is 0. The Labute approximate surface area is 86.6 Å². The van der Waals surface area contributed by atoms with Gasteiger partial charge in [-0.25, -0.2) is 0 Å². The summed E-state index contributed by atoms with van der Waals surface area (Å²) in [6.07, 6.45) is 6.38. The average molecular weight is 192 g/mol. The molecule has 2 aliphatic rings. The van der Waals surface area contributed by atoms with E-state index >= 15 is 0 Å². The Morgan fingerprint density at radius 2 is 2.14 bits per heavy atom. The third kappa shape index (κ3) is 1.43. The minimum Gasteiger partial charge on any atom is -0.295 e. The van der Waals surface area contributed by atoms with Crippen LogP contribution in [0.2, 0.25) is 0 Å². The molecule has 0 heterocycles. The van der Waals surface area contributed by atoms with E-state index in [4.69, 9.17) is 0 Å². The highest BCUT2D eigenvalue weighted by Gasteiger charge is 2.43. The van der Waals surface area contributed by atoms with E-state index in [0.29, 0.717) is 23.0 Å². The first-order valence-corrected chi connectivity index (χ1v) is 5.78. The van der Waals surface area contributed by atoms with Gasteiger partial charge in [-0.1, -0.05) is 26.3 Å². The van der Waals surface area contributed by atoms with E-state index < -0.39 is 0 Å². The fourth-order valence-electron chi connectivity index (χ4n) is 3.11. The van der Waals surface area contributed by atoms with Crippen LogP contribution in [-0.4, -0.2) is 5.78 Å². The molecule has 1 heteroatoms. The first kappa shape index (κ1) is 9.95. The molecule has 2 aliphatic carbocycles. The smallest absolute Gasteiger partial charge is 0.155 e. The minimum atomic E-state index is 0.352. The topological polar surface area (TPSA) is 17.1 Å². The van der Waals surface area contributed by atoms with E-state index in [9.17, 15) is 4.79 Å². The molecule has 0 spiro atoms. The molecule has 0 saturated heterocycles. The van der Waals surface area contributed by atoms with Crippen LogP contribution in [0, 0.1) is 17.3 Å². The van der Waals surface area contributed by atoms with E-state index in [0.717, 1.165) is 12.8 Å². The standard InChI is InChI=1S/C13H20O/c1-9(2)11-5-7-13(3)6-4-10(14)8-12(11)13/h8-9,11H,4-7H2,1-3H3/t11-,13+/m1/s1. The number of hydrogen-bond acceptors (Lipinski definition) is 1. The number of carbonyl (C=O) groups excluding carboxylic acids is 1. The van der Waals surface area contributed by atoms with Gasteiger partial charge in [0.1, 0.15) is 0 Å². The fourth-order valence-corrected chi connectivity index (χ4v) is 3.11. The first-order chi connectivity index (χ1) is 6.53. The Bertz CT molecular complexity index is 288. The normalized spacial score (nSPS) is 37.3. The van der Waals surface area contributed by atoms with Crippen LogP contribution >= 0.6 is 0 Å². The number of allylic oxidation sites excluding steroid dienone is 2. The Hall–Kier alpha value is -0.590. The number of fused-ring (bicyclic) bond motifs is 1. The molecule has 0 unspecified atom stereocenters. The lowest BCUT2D eigenvalue weighted by molar-refractivity contribution is -0.115. The lowest BCUT2D eigenvalue weighted by Gasteiger charge is -2.32. The van der Waals surface area contributed by atoms with Crippen molar-refractivity contribution in [2.75, 3.05) is 0 Å². The fraction of sp³-hybridized carbons (Fsp3) is 0.769. The quantitative estimate of drug-likeness (QED) is 0.622. The average Bonchev–Trinajstić information content (AvgIpc) is 2.43. The molecule has 0 aliphatic heterocycles. The van der Waals surface area contributed by atoms with E-state index in [-0.39, 0.29) is 0 Å². The molecular formula is C13H20O. The van der Waals surface area contributed by atoms with Crippen molar-refractivity contribution in [3.05, 3.63) is 11.6 Å². The molecule has 0 aromatic heterocycles. The highest BCUT2D eigenvalue weighted by molar-refractivity contribution is 5.91. The van der Waals surface area contributed by atoms with Gasteiger partial charge in [0.15, 0.2) is 5.78 Å². The summed E-state index contributed by atoms with van der Waals surface area (Å²) in [5.41, 5.74) is 1.83. The second kappa shape index (κ2) is 3.22. The Morgan fingerprint density at radius 1 is 1.43 bits per heavy atom. The molecular weight excluding hydrogens is 172 g/mol. The number of carbonyl (C=O) groups is 1. The van der Waals surface area contributed by atoms with Crippen molar-refractivity contribution >= 4 is 5.78 Å². The molecule has 2 atom stereocenters. The van der Waals surface area contributed by atoms with Gasteiger partial charge in [0.2, 0.25) is 0 Å². The Morgan fingerprint density at radius 3 is 2.79 bits per heavy atom. The lowest BCUT2D eigenvalue weighted by atomic mass is 9.72. The van der Waals surface area contributed by atoms with Gasteiger partial charge in [0.25, 0.3) is 0 Å². The number of hydrogen-bond donors (Lipinski definition) is 0. The Kier molecular flexibility index (Phi) is 2.29. The zero-order chi connectivity index (χ0) is 10.3. The summed E-state index contributed by atoms with van der Waals surface area (Å²) in [7, 11) is 0. The molecule has 0 N–H and O–H groups in total. The van der Waals surface area contributed by atoms with Gasteiger partial charge in [-0.3, -0.25) is 4.79 Å². The van der Waals surface area contributed by atoms with Gasteiger partial charge in [-0.2, -0.15) is 0 Å². The van der Waals surface area contributed by atoms with Gasteiger partial charge < -0.3 is 0 Å². The summed E-state index contributed by atoms with van der Waals surface area (Å²) in [6.45, 7) is 6.89. The maximum absolute atomic E-state index is 11.4. The zero-order valence-corrected chi connectivity index (χ0v) is 9.47. The molecule has 0 amide bonds. The van der Waals surface area contributed by atoms with Gasteiger partial charge in [0, 0.05) is 6.42 Å². The van der Waals surface area contributed by atoms with Crippen molar-refractivity contribution in [2.24, 2.45) is 17.3 Å². The van der Waals surface area contributed by atoms with E-state index in [1.807, 2.05) is 6.08 Å². The molecule has 0 radical (unpaired) electrons. The predicted octanol–water partition coefficient (Wildman–Crippen LogP) is 3.35. The number of ketones is 1. The van der Waals surface area contributed by atoms with Gasteiger partial charge in [0.05, 0.1) is 0 Å². The van der Waals surface area contributed by atoms with Crippen LogP contribution in [0.25, 0.3) is 0 Å². The molecule has 0 aromatic rings. The van der Waals surface area contributed by atoms with Gasteiger partial charge in [-0.05, 0) is 42.6 Å².